The summed E-state index contributed by atoms with van der Waals surface area (Å²) in [6.45, 7) is 1.01. The van der Waals surface area contributed by atoms with Crippen molar-refractivity contribution in [3.8, 4) is 0 Å². The van der Waals surface area contributed by atoms with Gasteiger partial charge in [0.15, 0.2) is 6.29 Å². The number of aliphatic hydroxyl groups is 6. The minimum Gasteiger partial charge on any atom is -0.471 e. The van der Waals surface area contributed by atoms with E-state index in [1.54, 1.807) is 6.92 Å². The normalized spacial score (nSPS) is 48.4. The van der Waals surface area contributed by atoms with E-state index in [2.05, 4.69) is 4.74 Å². The van der Waals surface area contributed by atoms with Gasteiger partial charge in [-0.15, -0.1) is 0 Å². The van der Waals surface area contributed by atoms with Gasteiger partial charge in [-0.2, -0.15) is 0 Å². The van der Waals surface area contributed by atoms with Crippen LogP contribution in [-0.4, -0.2) is 99.0 Å². The van der Waals surface area contributed by atoms with Gasteiger partial charge >= 0.3 is 5.97 Å². The Kier molecular flexibility index (Phi) is 5.99. The molecule has 0 aromatic rings. The lowest BCUT2D eigenvalue weighted by Gasteiger charge is -2.44. The second kappa shape index (κ2) is 7.84. The monoisotopic (exact) mass is 406 g/mol. The molecule has 0 aromatic heterocycles. The summed E-state index contributed by atoms with van der Waals surface area (Å²) in [5.41, 5.74) is -1.97. The number of fused-ring (bicyclic) bond motifs is 1. The van der Waals surface area contributed by atoms with Crippen LogP contribution in [0.3, 0.4) is 0 Å². The number of methoxy groups -OCH3 is 1. The number of esters is 1. The van der Waals surface area contributed by atoms with Crippen molar-refractivity contribution in [2.24, 2.45) is 11.8 Å². The van der Waals surface area contributed by atoms with E-state index in [0.717, 1.165) is 13.4 Å². The Bertz CT molecular complexity index is 622. The van der Waals surface area contributed by atoms with E-state index in [1.165, 1.54) is 0 Å². The van der Waals surface area contributed by atoms with Crippen LogP contribution in [0.15, 0.2) is 11.8 Å². The van der Waals surface area contributed by atoms with Gasteiger partial charge in [0.1, 0.15) is 35.6 Å². The van der Waals surface area contributed by atoms with Crippen molar-refractivity contribution in [3.63, 3.8) is 0 Å². The molecule has 28 heavy (non-hydrogen) atoms. The lowest BCUT2D eigenvalue weighted by Crippen LogP contribution is -2.61. The lowest BCUT2D eigenvalue weighted by atomic mass is 9.79. The molecular formula is C17H26O11. The predicted octanol–water partition coefficient (Wildman–Crippen LogP) is -3.04. The molecule has 0 aromatic carbocycles. The molecule has 0 radical (unpaired) electrons. The Morgan fingerprint density at radius 2 is 1.89 bits per heavy atom. The average Bonchev–Trinajstić information content (AvgIpc) is 2.91. The maximum absolute atomic E-state index is 12.0. The van der Waals surface area contributed by atoms with Crippen LogP contribution in [0.25, 0.3) is 0 Å². The molecule has 2 aliphatic heterocycles. The topological polar surface area (TPSA) is 175 Å². The average molecular weight is 406 g/mol. The minimum absolute atomic E-state index is 0.155. The smallest absolute Gasteiger partial charge is 0.339 e. The fourth-order valence-electron chi connectivity index (χ4n) is 4.16. The molecule has 10 atom stereocenters. The first-order valence-electron chi connectivity index (χ1n) is 8.96. The Hall–Kier alpha value is -1.31. The summed E-state index contributed by atoms with van der Waals surface area (Å²) in [5.74, 6) is -2.30. The number of hydrogen-bond donors (Lipinski definition) is 6. The van der Waals surface area contributed by atoms with Crippen LogP contribution >= 0.6 is 0 Å². The summed E-state index contributed by atoms with van der Waals surface area (Å²) < 4.78 is 21.0. The van der Waals surface area contributed by atoms with Crippen LogP contribution in [0, 0.1) is 11.8 Å². The fourth-order valence-corrected chi connectivity index (χ4v) is 4.16. The van der Waals surface area contributed by atoms with Gasteiger partial charge in [0.05, 0.1) is 32.0 Å². The van der Waals surface area contributed by atoms with Crippen molar-refractivity contribution in [2.75, 3.05) is 13.7 Å². The second-order valence-corrected chi connectivity index (χ2v) is 7.44. The highest BCUT2D eigenvalue weighted by Crippen LogP contribution is 2.50. The Morgan fingerprint density at radius 3 is 2.50 bits per heavy atom. The van der Waals surface area contributed by atoms with Crippen LogP contribution in [-0.2, 0) is 23.7 Å². The van der Waals surface area contributed by atoms with E-state index in [9.17, 15) is 35.4 Å². The zero-order chi connectivity index (χ0) is 20.8. The Labute approximate surface area is 160 Å². The van der Waals surface area contributed by atoms with Crippen LogP contribution in [0.1, 0.15) is 13.3 Å². The van der Waals surface area contributed by atoms with Gasteiger partial charge in [0.25, 0.3) is 0 Å². The summed E-state index contributed by atoms with van der Waals surface area (Å²) in [6, 6.07) is 0. The number of carbonyl (C=O) groups is 1. The van der Waals surface area contributed by atoms with Crippen molar-refractivity contribution in [3.05, 3.63) is 11.8 Å². The molecule has 3 aliphatic rings. The third-order valence-corrected chi connectivity index (χ3v) is 5.85. The summed E-state index contributed by atoms with van der Waals surface area (Å²) in [5, 5.41) is 60.6. The van der Waals surface area contributed by atoms with E-state index in [4.69, 9.17) is 14.2 Å². The van der Waals surface area contributed by atoms with Crippen molar-refractivity contribution >= 4 is 5.97 Å². The first kappa shape index (κ1) is 21.4. The number of carbonyl (C=O) groups excluding carboxylic acids is 1. The van der Waals surface area contributed by atoms with Crippen molar-refractivity contribution < 1.29 is 54.4 Å². The second-order valence-electron chi connectivity index (χ2n) is 7.44. The molecule has 0 amide bonds. The third kappa shape index (κ3) is 3.31. The maximum Gasteiger partial charge on any atom is 0.339 e. The van der Waals surface area contributed by atoms with Crippen LogP contribution in [0.5, 0.6) is 0 Å². The third-order valence-electron chi connectivity index (χ3n) is 5.85. The molecule has 2 unspecified atom stereocenters. The molecule has 11 heteroatoms. The molecule has 1 saturated carbocycles. The van der Waals surface area contributed by atoms with Crippen molar-refractivity contribution in [2.45, 2.75) is 62.0 Å². The van der Waals surface area contributed by atoms with Gasteiger partial charge in [0.2, 0.25) is 6.29 Å². The van der Waals surface area contributed by atoms with E-state index in [0.29, 0.717) is 0 Å². The number of aliphatic hydroxyl groups excluding tert-OH is 5. The minimum atomic E-state index is -1.80. The van der Waals surface area contributed by atoms with Gasteiger partial charge in [-0.05, 0) is 5.92 Å². The standard InChI is InChI=1S/C17H26O11/c1-6-8(19)3-17(24)7(14(23)25-2)5-26-15(10(6)17)28-16-13(22)12(21)11(20)9(4-18)27-16/h5-6,8-13,15-16,18-22,24H,3-4H2,1-2H3/t6-,8+,9-,10?,11-,12+,13-,15?,16+,17+/m1/s1. The molecule has 0 bridgehead atoms. The molecular weight excluding hydrogens is 380 g/mol. The number of rotatable bonds is 4. The van der Waals surface area contributed by atoms with E-state index in [-0.39, 0.29) is 12.0 Å². The van der Waals surface area contributed by atoms with Crippen LogP contribution in [0.4, 0.5) is 0 Å². The summed E-state index contributed by atoms with van der Waals surface area (Å²) >= 11 is 0. The van der Waals surface area contributed by atoms with Gasteiger partial charge < -0.3 is 49.6 Å². The molecule has 2 fully saturated rings. The van der Waals surface area contributed by atoms with Gasteiger partial charge in [-0.3, -0.25) is 0 Å². The van der Waals surface area contributed by atoms with Crippen LogP contribution in [0.2, 0.25) is 0 Å². The van der Waals surface area contributed by atoms with E-state index in [1.807, 2.05) is 0 Å². The van der Waals surface area contributed by atoms with Crippen molar-refractivity contribution in [1.29, 1.82) is 0 Å². The highest BCUT2D eigenvalue weighted by molar-refractivity contribution is 5.90. The predicted molar refractivity (Wildman–Crippen MR) is 88.1 cm³/mol. The fraction of sp³-hybridized carbons (Fsp3) is 0.824. The van der Waals surface area contributed by atoms with Crippen LogP contribution < -0.4 is 0 Å². The summed E-state index contributed by atoms with van der Waals surface area (Å²) in [4.78, 5) is 12.0. The molecule has 6 N–H and O–H groups in total. The molecule has 1 saturated heterocycles. The molecule has 1 aliphatic carbocycles. The van der Waals surface area contributed by atoms with E-state index < -0.39 is 73.1 Å². The van der Waals surface area contributed by atoms with Gasteiger partial charge in [-0.1, -0.05) is 6.92 Å². The first-order valence-corrected chi connectivity index (χ1v) is 8.96. The zero-order valence-corrected chi connectivity index (χ0v) is 15.4. The molecule has 11 nitrogen and oxygen atoms in total. The van der Waals surface area contributed by atoms with Gasteiger partial charge in [0, 0.05) is 6.42 Å². The Morgan fingerprint density at radius 1 is 1.21 bits per heavy atom. The number of hydrogen-bond acceptors (Lipinski definition) is 11. The maximum atomic E-state index is 12.0. The van der Waals surface area contributed by atoms with Gasteiger partial charge in [-0.25, -0.2) is 4.79 Å². The summed E-state index contributed by atoms with van der Waals surface area (Å²) in [7, 11) is 1.15. The molecule has 3 rings (SSSR count). The van der Waals surface area contributed by atoms with Crippen molar-refractivity contribution in [1.82, 2.24) is 0 Å². The summed E-state index contributed by atoms with van der Waals surface area (Å²) in [6.07, 6.45) is -8.95. The SMILES string of the molecule is COC(=O)C1=COC(O[C@@H]2O[C@H](CO)[C@@H](O)[C@H](O)[C@H]2O)C2[C@H](C)[C@@H](O)C[C@]12O. The largest absolute Gasteiger partial charge is 0.471 e. The highest BCUT2D eigenvalue weighted by Gasteiger charge is 2.61. The molecule has 2 heterocycles. The zero-order valence-electron chi connectivity index (χ0n) is 15.4. The lowest BCUT2D eigenvalue weighted by molar-refractivity contribution is -0.347. The molecule has 160 valence electrons. The quantitative estimate of drug-likeness (QED) is 0.262. The Balaban J connectivity index is 1.86. The molecule has 0 spiro atoms. The number of ether oxygens (including phenoxy) is 4. The first-order chi connectivity index (χ1) is 13.2. The van der Waals surface area contributed by atoms with E-state index >= 15 is 0 Å². The highest BCUT2D eigenvalue weighted by atomic mass is 16.8.